The van der Waals surface area contributed by atoms with E-state index in [4.69, 9.17) is 10.5 Å². The molecule has 1 atom stereocenters. The zero-order valence-corrected chi connectivity index (χ0v) is 10.7. The molecule has 1 saturated heterocycles. The molecule has 2 rings (SSSR count). The predicted octanol–water partition coefficient (Wildman–Crippen LogP) is 0.531. The molecule has 0 aliphatic carbocycles. The van der Waals surface area contributed by atoms with E-state index in [0.717, 1.165) is 25.9 Å². The normalized spacial score (nSPS) is 20.6. The van der Waals surface area contributed by atoms with E-state index in [9.17, 15) is 0 Å². The molecule has 1 aromatic rings. The van der Waals surface area contributed by atoms with Gasteiger partial charge in [-0.25, -0.2) is 4.98 Å². The Labute approximate surface area is 103 Å². The number of aryl methyl sites for hydroxylation is 1. The Hall–Kier alpha value is -0.910. The Morgan fingerprint density at radius 2 is 2.24 bits per heavy atom. The van der Waals surface area contributed by atoms with Crippen molar-refractivity contribution in [1.82, 2.24) is 14.5 Å². The van der Waals surface area contributed by atoms with Crippen molar-refractivity contribution in [2.24, 2.45) is 12.8 Å². The minimum absolute atomic E-state index is 0.278. The first-order chi connectivity index (χ1) is 8.26. The monoisotopic (exact) mass is 238 g/mol. The quantitative estimate of drug-likeness (QED) is 0.831. The van der Waals surface area contributed by atoms with Crippen molar-refractivity contribution in [3.05, 3.63) is 18.2 Å². The molecule has 1 aromatic heterocycles. The van der Waals surface area contributed by atoms with Gasteiger partial charge in [0.1, 0.15) is 0 Å². The van der Waals surface area contributed by atoms with E-state index in [2.05, 4.69) is 14.5 Å². The van der Waals surface area contributed by atoms with Gasteiger partial charge in [-0.15, -0.1) is 0 Å². The number of nitrogens with two attached hydrogens (primary N) is 1. The van der Waals surface area contributed by atoms with E-state index in [1.165, 1.54) is 5.69 Å². The highest BCUT2D eigenvalue weighted by Gasteiger charge is 2.26. The second kappa shape index (κ2) is 5.62. The smallest absolute Gasteiger partial charge is 0.0946 e. The molecule has 2 heterocycles. The molecular formula is C12H22N4O. The maximum atomic E-state index is 5.92. The number of likely N-dealkylation sites (tertiary alicyclic amines) is 1. The molecule has 1 unspecified atom stereocenters. The SMILES string of the molecule is COC1CCN(C(CN)c2cncn2C)CC1. The summed E-state index contributed by atoms with van der Waals surface area (Å²) in [4.78, 5) is 6.61. The number of methoxy groups -OCH3 is 1. The molecule has 0 bridgehead atoms. The highest BCUT2D eigenvalue weighted by atomic mass is 16.5. The second-order valence-electron chi connectivity index (χ2n) is 4.65. The van der Waals surface area contributed by atoms with E-state index in [-0.39, 0.29) is 6.04 Å². The fourth-order valence-electron chi connectivity index (χ4n) is 2.57. The summed E-state index contributed by atoms with van der Waals surface area (Å²) in [5, 5.41) is 0. The molecule has 2 N–H and O–H groups in total. The van der Waals surface area contributed by atoms with Crippen LogP contribution in [0.1, 0.15) is 24.6 Å². The number of piperidine rings is 1. The summed E-state index contributed by atoms with van der Waals surface area (Å²) in [6.45, 7) is 2.73. The van der Waals surface area contributed by atoms with Gasteiger partial charge in [0.15, 0.2) is 0 Å². The summed E-state index contributed by atoms with van der Waals surface area (Å²) in [7, 11) is 3.81. The highest BCUT2D eigenvalue weighted by molar-refractivity contribution is 5.06. The van der Waals surface area contributed by atoms with Crippen LogP contribution in [-0.2, 0) is 11.8 Å². The summed E-state index contributed by atoms with van der Waals surface area (Å²) >= 11 is 0. The molecule has 1 aliphatic rings. The zero-order chi connectivity index (χ0) is 12.3. The molecule has 1 aliphatic heterocycles. The van der Waals surface area contributed by atoms with Crippen LogP contribution in [0.25, 0.3) is 0 Å². The zero-order valence-electron chi connectivity index (χ0n) is 10.7. The maximum absolute atomic E-state index is 5.92. The molecule has 0 amide bonds. The van der Waals surface area contributed by atoms with E-state index in [1.807, 2.05) is 19.6 Å². The summed E-state index contributed by atoms with van der Waals surface area (Å²) in [6, 6.07) is 0.278. The van der Waals surface area contributed by atoms with Crippen molar-refractivity contribution in [2.45, 2.75) is 25.0 Å². The van der Waals surface area contributed by atoms with Crippen molar-refractivity contribution < 1.29 is 4.74 Å². The summed E-state index contributed by atoms with van der Waals surface area (Å²) < 4.78 is 7.45. The van der Waals surface area contributed by atoms with E-state index in [0.29, 0.717) is 12.6 Å². The molecule has 5 heteroatoms. The van der Waals surface area contributed by atoms with Gasteiger partial charge in [0.25, 0.3) is 0 Å². The highest BCUT2D eigenvalue weighted by Crippen LogP contribution is 2.24. The van der Waals surface area contributed by atoms with Gasteiger partial charge in [-0.05, 0) is 12.8 Å². The molecule has 0 radical (unpaired) electrons. The minimum Gasteiger partial charge on any atom is -0.381 e. The van der Waals surface area contributed by atoms with Gasteiger partial charge in [0.2, 0.25) is 0 Å². The summed E-state index contributed by atoms with van der Waals surface area (Å²) in [5.41, 5.74) is 7.11. The summed E-state index contributed by atoms with van der Waals surface area (Å²) in [6.07, 6.45) is 6.34. The third-order valence-corrected chi connectivity index (χ3v) is 3.67. The predicted molar refractivity (Wildman–Crippen MR) is 66.6 cm³/mol. The largest absolute Gasteiger partial charge is 0.381 e. The maximum Gasteiger partial charge on any atom is 0.0946 e. The van der Waals surface area contributed by atoms with Gasteiger partial charge in [-0.2, -0.15) is 0 Å². The third-order valence-electron chi connectivity index (χ3n) is 3.67. The number of rotatable bonds is 4. The lowest BCUT2D eigenvalue weighted by Gasteiger charge is -2.36. The number of hydrogen-bond donors (Lipinski definition) is 1. The van der Waals surface area contributed by atoms with Crippen molar-refractivity contribution in [1.29, 1.82) is 0 Å². The molecule has 1 fully saturated rings. The lowest BCUT2D eigenvalue weighted by molar-refractivity contribution is 0.0270. The van der Waals surface area contributed by atoms with Crippen molar-refractivity contribution in [2.75, 3.05) is 26.7 Å². The van der Waals surface area contributed by atoms with Gasteiger partial charge in [0.05, 0.1) is 24.2 Å². The van der Waals surface area contributed by atoms with Crippen LogP contribution in [0.2, 0.25) is 0 Å². The first-order valence-electron chi connectivity index (χ1n) is 6.19. The van der Waals surface area contributed by atoms with E-state index < -0.39 is 0 Å². The van der Waals surface area contributed by atoms with Gasteiger partial charge in [0, 0.05) is 40.0 Å². The van der Waals surface area contributed by atoms with Gasteiger partial charge < -0.3 is 15.0 Å². The first-order valence-corrected chi connectivity index (χ1v) is 6.19. The number of aromatic nitrogens is 2. The van der Waals surface area contributed by atoms with Gasteiger partial charge in [-0.3, -0.25) is 4.90 Å². The Kier molecular flexibility index (Phi) is 4.15. The number of ether oxygens (including phenoxy) is 1. The molecule has 0 spiro atoms. The lowest BCUT2D eigenvalue weighted by atomic mass is 10.0. The topological polar surface area (TPSA) is 56.3 Å². The molecule has 17 heavy (non-hydrogen) atoms. The number of nitrogens with zero attached hydrogens (tertiary/aromatic N) is 3. The van der Waals surface area contributed by atoms with Crippen LogP contribution in [-0.4, -0.2) is 47.3 Å². The van der Waals surface area contributed by atoms with Crippen LogP contribution < -0.4 is 5.73 Å². The van der Waals surface area contributed by atoms with E-state index in [1.54, 1.807) is 7.11 Å². The van der Waals surface area contributed by atoms with E-state index >= 15 is 0 Å². The van der Waals surface area contributed by atoms with Crippen molar-refractivity contribution in [3.63, 3.8) is 0 Å². The average molecular weight is 238 g/mol. The van der Waals surface area contributed by atoms with Crippen LogP contribution in [0, 0.1) is 0 Å². The summed E-state index contributed by atoms with van der Waals surface area (Å²) in [5.74, 6) is 0. The molecule has 0 aromatic carbocycles. The fourth-order valence-corrected chi connectivity index (χ4v) is 2.57. The molecule has 96 valence electrons. The first kappa shape index (κ1) is 12.5. The van der Waals surface area contributed by atoms with Crippen molar-refractivity contribution in [3.8, 4) is 0 Å². The van der Waals surface area contributed by atoms with Crippen LogP contribution in [0.4, 0.5) is 0 Å². The Morgan fingerprint density at radius 1 is 1.53 bits per heavy atom. The number of hydrogen-bond acceptors (Lipinski definition) is 4. The van der Waals surface area contributed by atoms with Gasteiger partial charge >= 0.3 is 0 Å². The Balaban J connectivity index is 2.03. The molecular weight excluding hydrogens is 216 g/mol. The third kappa shape index (κ3) is 2.68. The Bertz CT molecular complexity index is 344. The van der Waals surface area contributed by atoms with Crippen LogP contribution in [0.3, 0.4) is 0 Å². The minimum atomic E-state index is 0.278. The average Bonchev–Trinajstić information content (AvgIpc) is 2.78. The standard InChI is InChI=1S/C12H22N4O/c1-15-9-14-8-12(15)11(7-13)16-5-3-10(17-2)4-6-16/h8-11H,3-7,13H2,1-2H3. The van der Waals surface area contributed by atoms with Crippen LogP contribution >= 0.6 is 0 Å². The lowest BCUT2D eigenvalue weighted by Crippen LogP contribution is -2.42. The Morgan fingerprint density at radius 3 is 2.71 bits per heavy atom. The van der Waals surface area contributed by atoms with Crippen LogP contribution in [0.15, 0.2) is 12.5 Å². The van der Waals surface area contributed by atoms with Crippen molar-refractivity contribution >= 4 is 0 Å². The number of imidazole rings is 1. The van der Waals surface area contributed by atoms with Crippen LogP contribution in [0.5, 0.6) is 0 Å². The second-order valence-corrected chi connectivity index (χ2v) is 4.65. The van der Waals surface area contributed by atoms with Gasteiger partial charge in [-0.1, -0.05) is 0 Å². The molecule has 5 nitrogen and oxygen atoms in total. The molecule has 0 saturated carbocycles. The fraction of sp³-hybridized carbons (Fsp3) is 0.750.